The zero-order valence-electron chi connectivity index (χ0n) is 44.5. The second kappa shape index (κ2) is 35.8. The van der Waals surface area contributed by atoms with Crippen LogP contribution in [-0.4, -0.2) is 108 Å². The number of ketones is 3. The summed E-state index contributed by atoms with van der Waals surface area (Å²) in [4.78, 5) is 156. The molecule has 78 heavy (non-hydrogen) atoms. The van der Waals surface area contributed by atoms with Gasteiger partial charge in [0.2, 0.25) is 23.6 Å². The molecule has 4 N–H and O–H groups in total. The number of hydrogen-bond acceptors (Lipinski definition) is 18. The number of esters is 3. The fourth-order valence-corrected chi connectivity index (χ4v) is 7.45. The van der Waals surface area contributed by atoms with Gasteiger partial charge in [-0.15, -0.1) is 0 Å². The normalized spacial score (nSPS) is 12.6. The smallest absolute Gasteiger partial charge is 0.461 e. The number of carbonyl (C=O) groups is 11. The topological polar surface area (TPSA) is 325 Å². The maximum absolute atomic E-state index is 14.3. The van der Waals surface area contributed by atoms with Crippen LogP contribution in [0.4, 0.5) is 16.2 Å². The number of rotatable bonds is 38. The first kappa shape index (κ1) is 65.7. The van der Waals surface area contributed by atoms with Crippen molar-refractivity contribution in [2.75, 3.05) is 25.1 Å². The molecule has 0 aliphatic heterocycles. The number of ether oxygens (including phenoxy) is 5. The van der Waals surface area contributed by atoms with Gasteiger partial charge in [0.05, 0.1) is 41.8 Å². The number of nitro groups is 1. The average molecular weight is 1090 g/mol. The number of carbonyl (C=O) groups excluding carboxylic acids is 11. The highest BCUT2D eigenvalue weighted by Gasteiger charge is 2.35. The van der Waals surface area contributed by atoms with Crippen LogP contribution in [0.2, 0.25) is 0 Å². The Bertz CT molecular complexity index is 2440. The van der Waals surface area contributed by atoms with Gasteiger partial charge in [0, 0.05) is 62.8 Å². The lowest BCUT2D eigenvalue weighted by atomic mass is 9.88. The third-order valence-electron chi connectivity index (χ3n) is 11.5. The molecule has 0 heterocycles. The number of nitrogens with zero attached hydrogens (tertiary/aromatic N) is 1. The zero-order chi connectivity index (χ0) is 58.2. The Kier molecular flexibility index (Phi) is 30.2. The number of Topliss-reactive ketones (excluding diaryl/α,β-unsaturated/α-hetero) is 3. The summed E-state index contributed by atoms with van der Waals surface area (Å²) in [7, 11) is 0. The molecule has 0 aromatic heterocycles. The predicted octanol–water partition coefficient (Wildman–Crippen LogP) is 6.21. The first-order valence-corrected chi connectivity index (χ1v) is 25.3. The molecule has 2 aromatic carbocycles. The van der Waals surface area contributed by atoms with E-state index in [1.807, 2.05) is 6.92 Å². The van der Waals surface area contributed by atoms with Gasteiger partial charge in [0.15, 0.2) is 17.3 Å². The summed E-state index contributed by atoms with van der Waals surface area (Å²) >= 11 is 0. The lowest BCUT2D eigenvalue weighted by Crippen LogP contribution is -2.49. The molecule has 5 atom stereocenters. The van der Waals surface area contributed by atoms with E-state index in [0.29, 0.717) is 18.4 Å². The number of nitro benzene ring substituents is 1. The van der Waals surface area contributed by atoms with Crippen molar-refractivity contribution in [1.82, 2.24) is 16.0 Å². The molecule has 424 valence electrons. The van der Waals surface area contributed by atoms with Gasteiger partial charge in [-0.1, -0.05) is 90.1 Å². The van der Waals surface area contributed by atoms with E-state index in [4.69, 9.17) is 23.7 Å². The van der Waals surface area contributed by atoms with Crippen molar-refractivity contribution < 1.29 is 81.3 Å². The molecule has 23 heteroatoms. The van der Waals surface area contributed by atoms with Crippen LogP contribution in [0.5, 0.6) is 5.75 Å². The summed E-state index contributed by atoms with van der Waals surface area (Å²) < 4.78 is 25.4. The predicted molar refractivity (Wildman–Crippen MR) is 282 cm³/mol. The molecule has 0 saturated carbocycles. The van der Waals surface area contributed by atoms with Crippen LogP contribution in [0.3, 0.4) is 0 Å². The molecule has 0 aliphatic carbocycles. The third kappa shape index (κ3) is 25.9. The van der Waals surface area contributed by atoms with Crippen molar-refractivity contribution in [2.24, 2.45) is 17.8 Å². The van der Waals surface area contributed by atoms with E-state index < -0.39 is 144 Å². The van der Waals surface area contributed by atoms with Crippen molar-refractivity contribution >= 4 is 76.4 Å². The van der Waals surface area contributed by atoms with Gasteiger partial charge in [0.1, 0.15) is 32.2 Å². The van der Waals surface area contributed by atoms with Crippen LogP contribution < -0.4 is 26.0 Å². The molecular formula is C55H71N5O18. The molecule has 4 amide bonds. The highest BCUT2D eigenvalue weighted by atomic mass is 16.7. The summed E-state index contributed by atoms with van der Waals surface area (Å²) in [5, 5.41) is 21.3. The number of hydrogen-bond donors (Lipinski definition) is 4. The van der Waals surface area contributed by atoms with E-state index in [2.05, 4.69) is 41.0 Å². The van der Waals surface area contributed by atoms with Crippen molar-refractivity contribution in [3.8, 4) is 5.75 Å². The monoisotopic (exact) mass is 1090 g/mol. The summed E-state index contributed by atoms with van der Waals surface area (Å²) in [6.45, 7) is 16.1. The molecule has 0 unspecified atom stereocenters. The largest absolute Gasteiger partial charge is 0.514 e. The molecule has 0 radical (unpaired) electrons. The second-order valence-corrected chi connectivity index (χ2v) is 18.2. The van der Waals surface area contributed by atoms with Gasteiger partial charge < -0.3 is 45.0 Å². The molecular weight excluding hydrogens is 1020 g/mol. The van der Waals surface area contributed by atoms with Crippen LogP contribution in [0.25, 0.3) is 0 Å². The molecule has 0 spiro atoms. The van der Waals surface area contributed by atoms with Crippen molar-refractivity contribution in [1.29, 1.82) is 0 Å². The Labute approximate surface area is 452 Å². The fraction of sp³-hybridized carbons (Fsp3) is 0.473. The van der Waals surface area contributed by atoms with Crippen LogP contribution in [-0.2, 0) is 73.5 Å². The first-order chi connectivity index (χ1) is 37.1. The van der Waals surface area contributed by atoms with E-state index in [0.717, 1.165) is 25.0 Å². The van der Waals surface area contributed by atoms with E-state index in [1.54, 1.807) is 13.8 Å². The lowest BCUT2D eigenvalue weighted by Gasteiger charge is -2.26. The molecule has 2 aromatic rings. The average Bonchev–Trinajstić information content (AvgIpc) is 3.39. The molecule has 2 rings (SSSR count). The molecule has 0 bridgehead atoms. The Hall–Kier alpha value is -8.37. The standard InChI is InChI=1S/C55H71N5O18/c1-8-12-13-14-43(56-36(7)61)45(62)24-25-48(65)58-44(33-51(68)76-29-11-4)46(63)30-38(17-26-49(66)74-27-9-2)53(69)59-52(35(5)6)47(64)31-39(32-50(67)75-28-10-3)54(70)57-40-18-15-37(16-19-40)34-77-55(71)78-42-22-20-41(21-23-42)60(72)73/h9-11,15-16,18-23,35,38-39,43-44,52H,2-4,8,12-14,17,24-34H2,1,5-7H3,(H,56,61)(H,57,70)(H,58,65)(H,59,69)/t38-,39+,43+,44+,52+/m1/s1. The minimum atomic E-state index is -1.59. The van der Waals surface area contributed by atoms with Gasteiger partial charge in [-0.25, -0.2) is 4.79 Å². The van der Waals surface area contributed by atoms with Crippen molar-refractivity contribution in [3.05, 3.63) is 102 Å². The minimum absolute atomic E-state index is 0.00767. The van der Waals surface area contributed by atoms with E-state index in [-0.39, 0.29) is 56.4 Å². The Morgan fingerprint density at radius 2 is 1.21 bits per heavy atom. The number of unbranched alkanes of at least 4 members (excludes halogenated alkanes) is 2. The summed E-state index contributed by atoms with van der Waals surface area (Å²) in [6, 6.07) is 6.92. The van der Waals surface area contributed by atoms with Gasteiger partial charge in [-0.2, -0.15) is 0 Å². The lowest BCUT2D eigenvalue weighted by molar-refractivity contribution is -0.384. The van der Waals surface area contributed by atoms with E-state index in [1.165, 1.54) is 61.5 Å². The number of nitrogens with one attached hydrogen (secondary N) is 4. The summed E-state index contributed by atoms with van der Waals surface area (Å²) in [5.74, 6) is -10.8. The van der Waals surface area contributed by atoms with Crippen LogP contribution in [0.15, 0.2) is 86.5 Å². The van der Waals surface area contributed by atoms with Crippen molar-refractivity contribution in [2.45, 2.75) is 129 Å². The molecule has 0 saturated heterocycles. The number of non-ortho nitro benzene ring substituents is 1. The number of anilines is 1. The molecule has 0 aliphatic rings. The summed E-state index contributed by atoms with van der Waals surface area (Å²) in [6.07, 6.45) is 1.49. The number of benzene rings is 2. The SMILES string of the molecule is C=CCOC(=O)CC[C@H](CC(=O)[C@H](CC(=O)OCC=C)NC(=O)CCC(=O)[C@H](CCCCC)NC(C)=O)C(=O)N[C@H](C(=O)C[C@@H](CC(=O)OCC=C)C(=O)Nc1ccc(COC(=O)Oc2ccc([N+](=O)[O-])cc2)cc1)C(C)C. The van der Waals surface area contributed by atoms with Crippen LogP contribution in [0, 0.1) is 27.9 Å². The maximum atomic E-state index is 14.3. The second-order valence-electron chi connectivity index (χ2n) is 18.2. The van der Waals surface area contributed by atoms with Crippen LogP contribution in [0.1, 0.15) is 110 Å². The van der Waals surface area contributed by atoms with Gasteiger partial charge in [-0.05, 0) is 48.6 Å². The Morgan fingerprint density at radius 1 is 0.615 bits per heavy atom. The van der Waals surface area contributed by atoms with E-state index >= 15 is 0 Å². The van der Waals surface area contributed by atoms with Gasteiger partial charge >= 0.3 is 24.1 Å². The maximum Gasteiger partial charge on any atom is 0.514 e. The first-order valence-electron chi connectivity index (χ1n) is 25.3. The number of amides is 4. The Morgan fingerprint density at radius 3 is 1.77 bits per heavy atom. The van der Waals surface area contributed by atoms with Gasteiger partial charge in [-0.3, -0.25) is 58.1 Å². The summed E-state index contributed by atoms with van der Waals surface area (Å²) in [5.41, 5.74) is 0.468. The third-order valence-corrected chi connectivity index (χ3v) is 11.5. The molecule has 0 fully saturated rings. The Balaban J connectivity index is 2.34. The zero-order valence-corrected chi connectivity index (χ0v) is 44.5. The van der Waals surface area contributed by atoms with Crippen LogP contribution >= 0.6 is 0 Å². The van der Waals surface area contributed by atoms with Gasteiger partial charge in [0.25, 0.3) is 5.69 Å². The van der Waals surface area contributed by atoms with Crippen molar-refractivity contribution in [3.63, 3.8) is 0 Å². The minimum Gasteiger partial charge on any atom is -0.461 e. The molecule has 23 nitrogen and oxygen atoms in total. The quantitative estimate of drug-likeness (QED) is 0.0110. The highest BCUT2D eigenvalue weighted by Crippen LogP contribution is 2.23. The highest BCUT2D eigenvalue weighted by molar-refractivity contribution is 6.00. The fourth-order valence-electron chi connectivity index (χ4n) is 7.45. The van der Waals surface area contributed by atoms with E-state index in [9.17, 15) is 62.9 Å².